The highest BCUT2D eigenvalue weighted by Gasteiger charge is 2.16. The van der Waals surface area contributed by atoms with Crippen LogP contribution in [0.5, 0.6) is 0 Å². The first-order valence-corrected chi connectivity index (χ1v) is 7.51. The fourth-order valence-electron chi connectivity index (χ4n) is 1.97. The number of amides is 1. The van der Waals surface area contributed by atoms with Crippen molar-refractivity contribution in [3.63, 3.8) is 0 Å². The number of ether oxygens (including phenoxy) is 1. The van der Waals surface area contributed by atoms with Gasteiger partial charge in [-0.05, 0) is 17.5 Å². The fraction of sp³-hybridized carbons (Fsp3) is 0.133. The Balaban J connectivity index is 1.54. The molecular formula is C15H13N3O3S. The lowest BCUT2D eigenvalue weighted by Crippen LogP contribution is -2.28. The van der Waals surface area contributed by atoms with Crippen LogP contribution < -0.4 is 5.32 Å². The van der Waals surface area contributed by atoms with Gasteiger partial charge in [0.1, 0.15) is 0 Å². The van der Waals surface area contributed by atoms with Gasteiger partial charge in [0.15, 0.2) is 12.3 Å². The van der Waals surface area contributed by atoms with Crippen molar-refractivity contribution >= 4 is 34.1 Å². The van der Waals surface area contributed by atoms with Gasteiger partial charge in [-0.1, -0.05) is 24.3 Å². The molecule has 2 aromatic heterocycles. The smallest absolute Gasteiger partial charge is 0.359 e. The molecule has 0 bridgehead atoms. The monoisotopic (exact) mass is 315 g/mol. The Kier molecular flexibility index (Phi) is 4.15. The lowest BCUT2D eigenvalue weighted by Gasteiger charge is -2.04. The summed E-state index contributed by atoms with van der Waals surface area (Å²) in [7, 11) is 0. The van der Waals surface area contributed by atoms with E-state index in [2.05, 4.69) is 15.5 Å². The number of thiophene rings is 1. The van der Waals surface area contributed by atoms with E-state index in [4.69, 9.17) is 4.74 Å². The van der Waals surface area contributed by atoms with E-state index in [1.165, 1.54) is 0 Å². The molecule has 0 atom stereocenters. The second-order valence-electron chi connectivity index (χ2n) is 4.55. The maximum atomic E-state index is 12.0. The van der Waals surface area contributed by atoms with Crippen molar-refractivity contribution in [2.24, 2.45) is 0 Å². The van der Waals surface area contributed by atoms with E-state index in [0.717, 1.165) is 10.4 Å². The normalized spacial score (nSPS) is 10.5. The van der Waals surface area contributed by atoms with Crippen LogP contribution in [0.1, 0.15) is 15.4 Å². The number of benzene rings is 1. The summed E-state index contributed by atoms with van der Waals surface area (Å²) in [6.45, 7) is 0.102. The van der Waals surface area contributed by atoms with Crippen LogP contribution in [0.25, 0.3) is 10.9 Å². The molecule has 1 amide bonds. The third kappa shape index (κ3) is 3.15. The highest BCUT2D eigenvalue weighted by atomic mass is 32.1. The number of esters is 1. The van der Waals surface area contributed by atoms with Crippen LogP contribution in [0.4, 0.5) is 0 Å². The number of hydrogen-bond donors (Lipinski definition) is 2. The molecule has 0 spiro atoms. The summed E-state index contributed by atoms with van der Waals surface area (Å²) >= 11 is 1.55. The Bertz CT molecular complexity index is 795. The van der Waals surface area contributed by atoms with Gasteiger partial charge in [-0.15, -0.1) is 11.3 Å². The second kappa shape index (κ2) is 6.40. The summed E-state index contributed by atoms with van der Waals surface area (Å²) in [5.74, 6) is -0.967. The maximum Gasteiger partial charge on any atom is 0.359 e. The molecule has 1 aromatic carbocycles. The van der Waals surface area contributed by atoms with Crippen molar-refractivity contribution in [2.75, 3.05) is 6.61 Å². The number of para-hydroxylation sites is 1. The molecule has 3 rings (SSSR count). The Morgan fingerprint density at radius 2 is 2.09 bits per heavy atom. The van der Waals surface area contributed by atoms with Crippen LogP contribution in [0.3, 0.4) is 0 Å². The van der Waals surface area contributed by atoms with E-state index >= 15 is 0 Å². The average Bonchev–Trinajstić information content (AvgIpc) is 3.19. The molecule has 0 aliphatic rings. The Morgan fingerprint density at radius 3 is 2.91 bits per heavy atom. The number of hydrogen-bond acceptors (Lipinski definition) is 5. The number of fused-ring (bicyclic) bond motifs is 1. The van der Waals surface area contributed by atoms with Gasteiger partial charge >= 0.3 is 5.97 Å². The van der Waals surface area contributed by atoms with Crippen molar-refractivity contribution in [3.8, 4) is 0 Å². The minimum absolute atomic E-state index is 0.182. The fourth-order valence-corrected chi connectivity index (χ4v) is 2.61. The minimum Gasteiger partial charge on any atom is -0.451 e. The molecule has 0 radical (unpaired) electrons. The van der Waals surface area contributed by atoms with E-state index < -0.39 is 5.97 Å². The Hall–Kier alpha value is -2.67. The van der Waals surface area contributed by atoms with E-state index in [-0.39, 0.29) is 18.2 Å². The molecule has 0 saturated heterocycles. The number of carbonyl (C=O) groups is 2. The molecule has 6 nitrogen and oxygen atoms in total. The molecular weight excluding hydrogens is 302 g/mol. The van der Waals surface area contributed by atoms with Crippen LogP contribution in [-0.2, 0) is 16.1 Å². The first-order valence-electron chi connectivity index (χ1n) is 6.63. The number of rotatable bonds is 5. The lowest BCUT2D eigenvalue weighted by molar-refractivity contribution is -0.124. The zero-order valence-corrected chi connectivity index (χ0v) is 12.4. The standard InChI is InChI=1S/C15H13N3O3S/c19-13(16-8-10-4-3-7-22-10)9-21-15(20)14-11-5-1-2-6-12(11)17-18-14/h1-7H,8-9H2,(H,16,19)(H,17,18). The quantitative estimate of drug-likeness (QED) is 0.706. The molecule has 0 saturated carbocycles. The van der Waals surface area contributed by atoms with Crippen LogP contribution in [-0.4, -0.2) is 28.7 Å². The molecule has 0 aliphatic heterocycles. The number of nitrogens with zero attached hydrogens (tertiary/aromatic N) is 1. The first kappa shape index (κ1) is 14.3. The van der Waals surface area contributed by atoms with Gasteiger partial charge in [0.2, 0.25) is 0 Å². The van der Waals surface area contributed by atoms with Crippen molar-refractivity contribution in [2.45, 2.75) is 6.54 Å². The van der Waals surface area contributed by atoms with E-state index in [1.54, 1.807) is 17.4 Å². The van der Waals surface area contributed by atoms with Gasteiger partial charge < -0.3 is 10.1 Å². The van der Waals surface area contributed by atoms with Crippen LogP contribution >= 0.6 is 11.3 Å². The molecule has 112 valence electrons. The summed E-state index contributed by atoms with van der Waals surface area (Å²) in [6.07, 6.45) is 0. The predicted octanol–water partition coefficient (Wildman–Crippen LogP) is 2.10. The molecule has 7 heteroatoms. The van der Waals surface area contributed by atoms with Crippen LogP contribution in [0.15, 0.2) is 41.8 Å². The maximum absolute atomic E-state index is 12.0. The van der Waals surface area contributed by atoms with Gasteiger partial charge in [0, 0.05) is 10.3 Å². The lowest BCUT2D eigenvalue weighted by atomic mass is 10.2. The minimum atomic E-state index is -0.622. The zero-order valence-electron chi connectivity index (χ0n) is 11.5. The Labute approximate surface area is 130 Å². The molecule has 22 heavy (non-hydrogen) atoms. The number of carbonyl (C=O) groups excluding carboxylic acids is 2. The van der Waals surface area contributed by atoms with Crippen molar-refractivity contribution in [3.05, 3.63) is 52.3 Å². The van der Waals surface area contributed by atoms with Crippen LogP contribution in [0.2, 0.25) is 0 Å². The highest BCUT2D eigenvalue weighted by molar-refractivity contribution is 7.09. The van der Waals surface area contributed by atoms with Crippen LogP contribution in [0, 0.1) is 0 Å². The molecule has 0 fully saturated rings. The third-order valence-corrected chi connectivity index (χ3v) is 3.91. The number of nitrogens with one attached hydrogen (secondary N) is 2. The molecule has 3 aromatic rings. The molecule has 2 heterocycles. The van der Waals surface area contributed by atoms with Gasteiger partial charge in [0.05, 0.1) is 12.1 Å². The molecule has 0 unspecified atom stereocenters. The highest BCUT2D eigenvalue weighted by Crippen LogP contribution is 2.15. The molecule has 0 aliphatic carbocycles. The zero-order chi connectivity index (χ0) is 15.4. The van der Waals surface area contributed by atoms with Gasteiger partial charge in [0.25, 0.3) is 5.91 Å². The topological polar surface area (TPSA) is 84.1 Å². The summed E-state index contributed by atoms with van der Waals surface area (Å²) in [4.78, 5) is 24.7. The second-order valence-corrected chi connectivity index (χ2v) is 5.58. The van der Waals surface area contributed by atoms with Gasteiger partial charge in [-0.25, -0.2) is 4.79 Å². The molecule has 2 N–H and O–H groups in total. The average molecular weight is 315 g/mol. The largest absolute Gasteiger partial charge is 0.451 e. The summed E-state index contributed by atoms with van der Waals surface area (Å²) in [6, 6.07) is 11.1. The van der Waals surface area contributed by atoms with E-state index in [0.29, 0.717) is 11.9 Å². The summed E-state index contributed by atoms with van der Waals surface area (Å²) < 4.78 is 5.00. The third-order valence-electron chi connectivity index (χ3n) is 3.04. The summed E-state index contributed by atoms with van der Waals surface area (Å²) in [5, 5.41) is 12.0. The van der Waals surface area contributed by atoms with E-state index in [9.17, 15) is 9.59 Å². The van der Waals surface area contributed by atoms with E-state index in [1.807, 2.05) is 35.7 Å². The van der Waals surface area contributed by atoms with Crippen molar-refractivity contribution in [1.29, 1.82) is 0 Å². The Morgan fingerprint density at radius 1 is 1.23 bits per heavy atom. The van der Waals surface area contributed by atoms with Gasteiger partial charge in [-0.2, -0.15) is 5.10 Å². The van der Waals surface area contributed by atoms with Crippen molar-refractivity contribution < 1.29 is 14.3 Å². The summed E-state index contributed by atoms with van der Waals surface area (Å²) in [5.41, 5.74) is 0.929. The van der Waals surface area contributed by atoms with Crippen molar-refractivity contribution in [1.82, 2.24) is 15.5 Å². The predicted molar refractivity (Wildman–Crippen MR) is 82.5 cm³/mol. The SMILES string of the molecule is O=C(COC(=O)c1n[nH]c2ccccc12)NCc1cccs1. The number of aromatic amines is 1. The number of aromatic nitrogens is 2. The first-order chi connectivity index (χ1) is 10.7. The van der Waals surface area contributed by atoms with Gasteiger partial charge in [-0.3, -0.25) is 9.89 Å². The number of H-pyrrole nitrogens is 1.